The molecule has 0 amide bonds. The van der Waals surface area contributed by atoms with Crippen LogP contribution in [0, 0.1) is 10.1 Å². The molecule has 0 atom stereocenters. The van der Waals surface area contributed by atoms with Gasteiger partial charge in [-0.1, -0.05) is 54.2 Å². The summed E-state index contributed by atoms with van der Waals surface area (Å²) >= 11 is 1.65. The number of non-ortho nitro benzene ring substituents is 1. The van der Waals surface area contributed by atoms with E-state index in [1.54, 1.807) is 23.9 Å². The third kappa shape index (κ3) is 5.90. The normalized spacial score (nSPS) is 13.3. The molecule has 2 aromatic rings. The monoisotopic (exact) mass is 449 g/mol. The lowest BCUT2D eigenvalue weighted by Crippen LogP contribution is -2.35. The van der Waals surface area contributed by atoms with Crippen LogP contribution < -0.4 is 0 Å². The number of carbonyl (C=O) groups excluding carboxylic acids is 1. The summed E-state index contributed by atoms with van der Waals surface area (Å²) in [6.45, 7) is 1.48. The first kappa shape index (κ1) is 21.1. The molecule has 0 bridgehead atoms. The van der Waals surface area contributed by atoms with Gasteiger partial charge in [0.05, 0.1) is 11.5 Å². The maximum atomic E-state index is 12.7. The smallest absolute Gasteiger partial charge is 0.270 e. The highest BCUT2D eigenvalue weighted by Crippen LogP contribution is 2.20. The van der Waals surface area contributed by atoms with Crippen LogP contribution in [0.3, 0.4) is 0 Å². The Balaban J connectivity index is 0.00000261. The Hall–Kier alpha value is -2.19. The molecule has 6 nitrogen and oxygen atoms in total. The van der Waals surface area contributed by atoms with Crippen LogP contribution in [-0.4, -0.2) is 39.6 Å². The van der Waals surface area contributed by atoms with E-state index in [9.17, 15) is 14.9 Å². The molecule has 1 heterocycles. The minimum atomic E-state index is -0.487. The molecule has 8 heteroatoms. The van der Waals surface area contributed by atoms with Gasteiger partial charge in [-0.2, -0.15) is 0 Å². The number of carbonyl (C=O) groups is 1. The maximum Gasteiger partial charge on any atom is 0.270 e. The summed E-state index contributed by atoms with van der Waals surface area (Å²) < 4.78 is 0. The molecule has 0 saturated heterocycles. The SMILES string of the molecule is Br.O=C(CN(Cc1ccccc1)C1=NCCCS1)c1cccc([N+](=O)[O-])c1. The number of Topliss-reactive ketones (excluding diaryl/α,β-unsaturated/α-hetero) is 1. The van der Waals surface area contributed by atoms with E-state index in [1.165, 1.54) is 12.1 Å². The molecule has 1 aliphatic rings. The fourth-order valence-corrected chi connectivity index (χ4v) is 3.64. The van der Waals surface area contributed by atoms with Gasteiger partial charge in [0, 0.05) is 36.5 Å². The maximum absolute atomic E-state index is 12.7. The van der Waals surface area contributed by atoms with Gasteiger partial charge in [0.25, 0.3) is 5.69 Å². The number of thioether (sulfide) groups is 1. The van der Waals surface area contributed by atoms with Gasteiger partial charge in [0.15, 0.2) is 11.0 Å². The Bertz CT molecular complexity index is 830. The summed E-state index contributed by atoms with van der Waals surface area (Å²) in [5.41, 5.74) is 1.36. The second-order valence-corrected chi connectivity index (χ2v) is 7.00. The summed E-state index contributed by atoms with van der Waals surface area (Å²) in [7, 11) is 0. The van der Waals surface area contributed by atoms with Gasteiger partial charge in [0.2, 0.25) is 0 Å². The van der Waals surface area contributed by atoms with Crippen LogP contribution in [0.2, 0.25) is 0 Å². The molecule has 2 aromatic carbocycles. The number of amidine groups is 1. The van der Waals surface area contributed by atoms with E-state index >= 15 is 0 Å². The number of halogens is 1. The lowest BCUT2D eigenvalue weighted by atomic mass is 10.1. The Kier molecular flexibility index (Phi) is 7.99. The van der Waals surface area contributed by atoms with Gasteiger partial charge in [0.1, 0.15) is 0 Å². The van der Waals surface area contributed by atoms with E-state index in [1.807, 2.05) is 35.2 Å². The summed E-state index contributed by atoms with van der Waals surface area (Å²) in [6, 6.07) is 15.8. The van der Waals surface area contributed by atoms with E-state index < -0.39 is 4.92 Å². The predicted molar refractivity (Wildman–Crippen MR) is 114 cm³/mol. The molecule has 0 unspecified atom stereocenters. The number of benzene rings is 2. The van der Waals surface area contributed by atoms with Crippen molar-refractivity contribution < 1.29 is 9.72 Å². The molecule has 0 spiro atoms. The molecule has 0 aromatic heterocycles. The fraction of sp³-hybridized carbons (Fsp3) is 0.263. The van der Waals surface area contributed by atoms with Crippen molar-refractivity contribution in [2.75, 3.05) is 18.8 Å². The Morgan fingerprint density at radius 3 is 2.63 bits per heavy atom. The van der Waals surface area contributed by atoms with Gasteiger partial charge < -0.3 is 4.90 Å². The third-order valence-electron chi connectivity index (χ3n) is 3.98. The number of ketones is 1. The van der Waals surface area contributed by atoms with Gasteiger partial charge in [-0.3, -0.25) is 19.9 Å². The van der Waals surface area contributed by atoms with E-state index in [0.717, 1.165) is 29.4 Å². The number of nitrogens with zero attached hydrogens (tertiary/aromatic N) is 3. The highest BCUT2D eigenvalue weighted by molar-refractivity contribution is 8.93. The summed E-state index contributed by atoms with van der Waals surface area (Å²) in [5.74, 6) is 0.827. The molecule has 3 rings (SSSR count). The van der Waals surface area contributed by atoms with Crippen molar-refractivity contribution in [2.45, 2.75) is 13.0 Å². The predicted octanol–water partition coefficient (Wildman–Crippen LogP) is 4.35. The van der Waals surface area contributed by atoms with Crippen molar-refractivity contribution >= 4 is 45.4 Å². The first-order chi connectivity index (χ1) is 12.6. The van der Waals surface area contributed by atoms with Crippen molar-refractivity contribution in [1.29, 1.82) is 0 Å². The van der Waals surface area contributed by atoms with Crippen LogP contribution in [0.25, 0.3) is 0 Å². The lowest BCUT2D eigenvalue weighted by Gasteiger charge is -2.27. The average Bonchev–Trinajstić information content (AvgIpc) is 2.69. The van der Waals surface area contributed by atoms with E-state index in [4.69, 9.17) is 0 Å². The molecule has 1 aliphatic heterocycles. The number of hydrogen-bond acceptors (Lipinski definition) is 6. The summed E-state index contributed by atoms with van der Waals surface area (Å²) in [6.07, 6.45) is 1.03. The summed E-state index contributed by atoms with van der Waals surface area (Å²) in [4.78, 5) is 29.7. The van der Waals surface area contributed by atoms with E-state index in [0.29, 0.717) is 12.1 Å². The van der Waals surface area contributed by atoms with Gasteiger partial charge in [-0.25, -0.2) is 0 Å². The first-order valence-electron chi connectivity index (χ1n) is 8.37. The Labute approximate surface area is 172 Å². The topological polar surface area (TPSA) is 75.8 Å². The Morgan fingerprint density at radius 1 is 1.19 bits per heavy atom. The van der Waals surface area contributed by atoms with E-state index in [2.05, 4.69) is 4.99 Å². The zero-order chi connectivity index (χ0) is 18.4. The highest BCUT2D eigenvalue weighted by atomic mass is 79.9. The number of nitro benzene ring substituents is 1. The molecule has 27 heavy (non-hydrogen) atoms. The Morgan fingerprint density at radius 2 is 1.96 bits per heavy atom. The fourth-order valence-electron chi connectivity index (χ4n) is 2.69. The second kappa shape index (κ2) is 10.2. The summed E-state index contributed by atoms with van der Waals surface area (Å²) in [5, 5.41) is 11.8. The van der Waals surface area contributed by atoms with Crippen LogP contribution in [-0.2, 0) is 6.54 Å². The minimum Gasteiger partial charge on any atom is -0.339 e. The van der Waals surface area contributed by atoms with Gasteiger partial charge in [-0.15, -0.1) is 17.0 Å². The third-order valence-corrected chi connectivity index (χ3v) is 5.12. The second-order valence-electron chi connectivity index (χ2n) is 5.94. The molecule has 142 valence electrons. The molecule has 0 fully saturated rings. The number of aliphatic imine (C=N–C) groups is 1. The van der Waals surface area contributed by atoms with Crippen molar-refractivity contribution in [3.8, 4) is 0 Å². The van der Waals surface area contributed by atoms with Crippen molar-refractivity contribution in [3.63, 3.8) is 0 Å². The average molecular weight is 450 g/mol. The van der Waals surface area contributed by atoms with Gasteiger partial charge >= 0.3 is 0 Å². The minimum absolute atomic E-state index is 0. The molecule has 0 N–H and O–H groups in total. The molecule has 0 radical (unpaired) electrons. The molecular formula is C19H20BrN3O3S. The quantitative estimate of drug-likeness (QED) is 0.372. The van der Waals surface area contributed by atoms with Crippen LogP contribution in [0.15, 0.2) is 59.6 Å². The van der Waals surface area contributed by atoms with Crippen LogP contribution in [0.1, 0.15) is 22.3 Å². The van der Waals surface area contributed by atoms with Crippen LogP contribution in [0.5, 0.6) is 0 Å². The molecular weight excluding hydrogens is 430 g/mol. The van der Waals surface area contributed by atoms with Gasteiger partial charge in [-0.05, 0) is 12.0 Å². The highest BCUT2D eigenvalue weighted by Gasteiger charge is 2.20. The molecule has 0 aliphatic carbocycles. The van der Waals surface area contributed by atoms with Crippen molar-refractivity contribution in [3.05, 3.63) is 75.8 Å². The zero-order valence-corrected chi connectivity index (χ0v) is 17.1. The van der Waals surface area contributed by atoms with Crippen molar-refractivity contribution in [2.24, 2.45) is 4.99 Å². The first-order valence-corrected chi connectivity index (χ1v) is 9.36. The van der Waals surface area contributed by atoms with Crippen molar-refractivity contribution in [1.82, 2.24) is 4.90 Å². The zero-order valence-electron chi connectivity index (χ0n) is 14.6. The van der Waals surface area contributed by atoms with Crippen LogP contribution in [0.4, 0.5) is 5.69 Å². The standard InChI is InChI=1S/C19H19N3O3S.BrH/c23-18(16-8-4-9-17(12-16)22(24)25)14-21(19-20-10-5-11-26-19)13-15-6-2-1-3-7-15;/h1-4,6-9,12H,5,10-11,13-14H2;1H. The molecule has 0 saturated carbocycles. The number of hydrogen-bond donors (Lipinski definition) is 0. The number of nitro groups is 1. The van der Waals surface area contributed by atoms with E-state index in [-0.39, 0.29) is 35.0 Å². The largest absolute Gasteiger partial charge is 0.339 e. The van der Waals surface area contributed by atoms with Crippen LogP contribution >= 0.6 is 28.7 Å². The number of rotatable bonds is 6. The lowest BCUT2D eigenvalue weighted by molar-refractivity contribution is -0.384.